The van der Waals surface area contributed by atoms with Gasteiger partial charge in [0.15, 0.2) is 11.5 Å². The number of rotatable bonds is 1. The lowest BCUT2D eigenvalue weighted by molar-refractivity contribution is -0.105. The van der Waals surface area contributed by atoms with Gasteiger partial charge in [-0.15, -0.1) is 0 Å². The van der Waals surface area contributed by atoms with Gasteiger partial charge in [0.25, 0.3) is 0 Å². The predicted octanol–water partition coefficient (Wildman–Crippen LogP) is 2.62. The fourth-order valence-electron chi connectivity index (χ4n) is 3.10. The van der Waals surface area contributed by atoms with Crippen LogP contribution in [0.15, 0.2) is 17.7 Å². The summed E-state index contributed by atoms with van der Waals surface area (Å²) in [5, 5.41) is 0. The van der Waals surface area contributed by atoms with Crippen LogP contribution < -0.4 is 9.47 Å². The zero-order valence-electron chi connectivity index (χ0n) is 12.1. The Bertz CT molecular complexity index is 837. The van der Waals surface area contributed by atoms with E-state index in [1.165, 1.54) is 0 Å². The lowest BCUT2D eigenvalue weighted by Crippen LogP contribution is -2.20. The second kappa shape index (κ2) is 3.81. The van der Waals surface area contributed by atoms with E-state index in [1.54, 1.807) is 0 Å². The Morgan fingerprint density at radius 1 is 1.14 bits per heavy atom. The molecule has 0 saturated carbocycles. The van der Waals surface area contributed by atoms with Crippen molar-refractivity contribution in [3.8, 4) is 11.5 Å². The van der Waals surface area contributed by atoms with Gasteiger partial charge in [-0.1, -0.05) is 0 Å². The first kappa shape index (κ1) is 12.3. The largest absolute Gasteiger partial charge is 0.454 e. The first-order valence-corrected chi connectivity index (χ1v) is 6.81. The van der Waals surface area contributed by atoms with Crippen LogP contribution in [0.3, 0.4) is 0 Å². The molecule has 2 aliphatic rings. The maximum Gasteiger partial charge on any atom is 0.231 e. The van der Waals surface area contributed by atoms with Crippen LogP contribution in [0.5, 0.6) is 11.5 Å². The molecule has 0 atom stereocenters. The molecule has 0 spiro atoms. The van der Waals surface area contributed by atoms with Crippen molar-refractivity contribution in [3.63, 3.8) is 0 Å². The highest BCUT2D eigenvalue weighted by molar-refractivity contribution is 5.95. The lowest BCUT2D eigenvalue weighted by atomic mass is 9.85. The highest BCUT2D eigenvalue weighted by atomic mass is 16.7. The molecule has 0 amide bonds. The van der Waals surface area contributed by atoms with E-state index in [4.69, 9.17) is 19.4 Å². The molecule has 0 saturated heterocycles. The number of carbonyl (C=O) groups is 1. The van der Waals surface area contributed by atoms with E-state index >= 15 is 0 Å². The summed E-state index contributed by atoms with van der Waals surface area (Å²) in [7, 11) is 0. The molecule has 0 unspecified atom stereocenters. The van der Waals surface area contributed by atoms with Crippen molar-refractivity contribution in [2.75, 3.05) is 6.79 Å². The molecule has 2 aromatic rings. The van der Waals surface area contributed by atoms with Crippen LogP contribution in [0, 0.1) is 0 Å². The number of ether oxygens (including phenoxy) is 2. The van der Waals surface area contributed by atoms with Gasteiger partial charge in [-0.05, 0) is 26.3 Å². The molecule has 1 aromatic heterocycles. The average Bonchev–Trinajstić information content (AvgIpc) is 2.96. The van der Waals surface area contributed by atoms with Gasteiger partial charge in [-0.3, -0.25) is 4.79 Å². The summed E-state index contributed by atoms with van der Waals surface area (Å²) in [5.74, 6) is 1.37. The highest BCUT2D eigenvalue weighted by Gasteiger charge is 2.39. The summed E-state index contributed by atoms with van der Waals surface area (Å²) in [6, 6.07) is 3.68. The van der Waals surface area contributed by atoms with Crippen molar-refractivity contribution in [2.45, 2.75) is 26.2 Å². The molecule has 0 fully saturated rings. The number of aldehydes is 1. The number of hydrogen-bond acceptors (Lipinski definition) is 5. The van der Waals surface area contributed by atoms with Crippen LogP contribution in [0.25, 0.3) is 16.6 Å². The molecule has 1 aliphatic carbocycles. The van der Waals surface area contributed by atoms with Gasteiger partial charge >= 0.3 is 0 Å². The number of aromatic nitrogens is 2. The zero-order valence-corrected chi connectivity index (χ0v) is 12.1. The average molecular weight is 282 g/mol. The Labute approximate surface area is 121 Å². The van der Waals surface area contributed by atoms with Crippen LogP contribution in [-0.4, -0.2) is 23.0 Å². The zero-order chi connectivity index (χ0) is 14.8. The Kier molecular flexibility index (Phi) is 2.24. The van der Waals surface area contributed by atoms with Gasteiger partial charge < -0.3 is 9.47 Å². The van der Waals surface area contributed by atoms with E-state index < -0.39 is 5.41 Å². The Balaban J connectivity index is 2.03. The molecule has 0 bridgehead atoms. The van der Waals surface area contributed by atoms with Gasteiger partial charge in [-0.2, -0.15) is 0 Å². The van der Waals surface area contributed by atoms with E-state index in [1.807, 2.05) is 32.9 Å². The first-order chi connectivity index (χ1) is 10.0. The quantitative estimate of drug-likeness (QED) is 0.752. The van der Waals surface area contributed by atoms with E-state index in [0.717, 1.165) is 39.9 Å². The van der Waals surface area contributed by atoms with Crippen molar-refractivity contribution in [1.29, 1.82) is 0 Å². The van der Waals surface area contributed by atoms with Gasteiger partial charge in [-0.25, -0.2) is 9.97 Å². The summed E-state index contributed by atoms with van der Waals surface area (Å²) < 4.78 is 10.8. The molecule has 21 heavy (non-hydrogen) atoms. The van der Waals surface area contributed by atoms with Crippen LogP contribution in [0.2, 0.25) is 0 Å². The van der Waals surface area contributed by atoms with Crippen molar-refractivity contribution in [2.24, 2.45) is 0 Å². The maximum absolute atomic E-state index is 11.4. The number of allylic oxidation sites excluding steroid dienone is 2. The minimum atomic E-state index is -0.418. The highest BCUT2D eigenvalue weighted by Crippen LogP contribution is 2.44. The van der Waals surface area contributed by atoms with Gasteiger partial charge in [0.2, 0.25) is 6.79 Å². The molecular formula is C16H14N2O3. The molecule has 0 radical (unpaired) electrons. The van der Waals surface area contributed by atoms with E-state index in [2.05, 4.69) is 0 Å². The van der Waals surface area contributed by atoms with Gasteiger partial charge in [0.05, 0.1) is 22.4 Å². The third-order valence-electron chi connectivity index (χ3n) is 4.30. The minimum Gasteiger partial charge on any atom is -0.454 e. The summed E-state index contributed by atoms with van der Waals surface area (Å²) in [6.07, 6.45) is 0.912. The summed E-state index contributed by atoms with van der Waals surface area (Å²) in [6.45, 7) is 6.15. The predicted molar refractivity (Wildman–Crippen MR) is 77.3 cm³/mol. The van der Waals surface area contributed by atoms with Crippen molar-refractivity contribution >= 4 is 22.9 Å². The van der Waals surface area contributed by atoms with Crippen LogP contribution in [0.1, 0.15) is 32.2 Å². The summed E-state index contributed by atoms with van der Waals surface area (Å²) >= 11 is 0. The minimum absolute atomic E-state index is 0.227. The monoisotopic (exact) mass is 282 g/mol. The molecule has 2 heterocycles. The molecule has 5 heteroatoms. The Morgan fingerprint density at radius 2 is 1.76 bits per heavy atom. The maximum atomic E-state index is 11.4. The van der Waals surface area contributed by atoms with Crippen molar-refractivity contribution < 1.29 is 14.3 Å². The molecular weight excluding hydrogens is 268 g/mol. The molecule has 4 rings (SSSR count). The molecule has 1 aliphatic heterocycles. The second-order valence-corrected chi connectivity index (χ2v) is 5.90. The summed E-state index contributed by atoms with van der Waals surface area (Å²) in [4.78, 5) is 20.8. The van der Waals surface area contributed by atoms with Gasteiger partial charge in [0, 0.05) is 23.1 Å². The van der Waals surface area contributed by atoms with E-state index in [9.17, 15) is 4.79 Å². The van der Waals surface area contributed by atoms with Crippen LogP contribution in [0.4, 0.5) is 0 Å². The number of nitrogens with zero attached hydrogens (tertiary/aromatic N) is 2. The van der Waals surface area contributed by atoms with E-state index in [0.29, 0.717) is 11.5 Å². The number of hydrogen-bond donors (Lipinski definition) is 0. The number of carbonyl (C=O) groups excluding carboxylic acids is 1. The SMILES string of the molecule is CC1=C(C=O)C(C)(C)c2nc3cc4c(cc3nc21)OCO4. The third-order valence-corrected chi connectivity index (χ3v) is 4.30. The fourth-order valence-corrected chi connectivity index (χ4v) is 3.10. The smallest absolute Gasteiger partial charge is 0.231 e. The topological polar surface area (TPSA) is 61.3 Å². The summed E-state index contributed by atoms with van der Waals surface area (Å²) in [5.41, 5.74) is 4.37. The van der Waals surface area contributed by atoms with Crippen LogP contribution >= 0.6 is 0 Å². The normalized spacial score (nSPS) is 18.2. The van der Waals surface area contributed by atoms with Crippen molar-refractivity contribution in [1.82, 2.24) is 9.97 Å². The van der Waals surface area contributed by atoms with Gasteiger partial charge in [0.1, 0.15) is 6.29 Å². The fraction of sp³-hybridized carbons (Fsp3) is 0.312. The molecule has 106 valence electrons. The Hall–Kier alpha value is -2.43. The second-order valence-electron chi connectivity index (χ2n) is 5.90. The van der Waals surface area contributed by atoms with Crippen molar-refractivity contribution in [3.05, 3.63) is 29.1 Å². The lowest BCUT2D eigenvalue weighted by Gasteiger charge is -2.19. The molecule has 1 aromatic carbocycles. The number of fused-ring (bicyclic) bond motifs is 3. The first-order valence-electron chi connectivity index (χ1n) is 6.81. The molecule has 0 N–H and O–H groups in total. The van der Waals surface area contributed by atoms with E-state index in [-0.39, 0.29) is 6.79 Å². The van der Waals surface area contributed by atoms with Crippen LogP contribution in [-0.2, 0) is 10.2 Å². The number of benzene rings is 1. The third kappa shape index (κ3) is 1.48. The Morgan fingerprint density at radius 3 is 2.38 bits per heavy atom. The molecule has 5 nitrogen and oxygen atoms in total. The standard InChI is InChI=1S/C16H14N2O3/c1-8-9(6-19)16(2,3)15-14(8)17-10-4-12-13(21-7-20-12)5-11(10)18-15/h4-6H,7H2,1-3H3.